The van der Waals surface area contributed by atoms with Crippen molar-refractivity contribution in [2.45, 2.75) is 25.6 Å². The fraction of sp³-hybridized carbons (Fsp3) is 0.238. The highest BCUT2D eigenvalue weighted by atomic mass is 19.4. The summed E-state index contributed by atoms with van der Waals surface area (Å²) in [6, 6.07) is 9.56. The van der Waals surface area contributed by atoms with Gasteiger partial charge in [0, 0.05) is 12.1 Å². The predicted octanol–water partition coefficient (Wildman–Crippen LogP) is 4.59. The lowest BCUT2D eigenvalue weighted by Gasteiger charge is -2.27. The van der Waals surface area contributed by atoms with Crippen LogP contribution in [-0.4, -0.2) is 23.9 Å². The van der Waals surface area contributed by atoms with E-state index in [1.807, 2.05) is 0 Å². The minimum atomic E-state index is -4.61. The van der Waals surface area contributed by atoms with E-state index in [0.29, 0.717) is 11.3 Å². The minimum Gasteiger partial charge on any atom is -0.503 e. The minimum absolute atomic E-state index is 0.0236. The largest absolute Gasteiger partial charge is 0.503 e. The Morgan fingerprint density at radius 2 is 1.83 bits per heavy atom. The molecule has 0 saturated heterocycles. The quantitative estimate of drug-likeness (QED) is 0.790. The Kier molecular flexibility index (Phi) is 5.37. The van der Waals surface area contributed by atoms with Gasteiger partial charge in [0.2, 0.25) is 0 Å². The maximum Gasteiger partial charge on any atom is 0.416 e. The summed E-state index contributed by atoms with van der Waals surface area (Å²) < 4.78 is 44.6. The summed E-state index contributed by atoms with van der Waals surface area (Å²) in [5.74, 6) is -1.62. The second kappa shape index (κ2) is 7.62. The highest BCUT2D eigenvalue weighted by molar-refractivity contribution is 6.16. The number of ether oxygens (including phenoxy) is 1. The van der Waals surface area contributed by atoms with Crippen LogP contribution >= 0.6 is 0 Å². The number of carbonyl (C=O) groups is 2. The number of hydrogen-bond acceptors (Lipinski definition) is 4. The summed E-state index contributed by atoms with van der Waals surface area (Å²) in [5, 5.41) is 10.4. The zero-order valence-corrected chi connectivity index (χ0v) is 15.7. The predicted molar refractivity (Wildman–Crippen MR) is 99.6 cm³/mol. The molecule has 152 valence electrons. The van der Waals surface area contributed by atoms with Crippen molar-refractivity contribution in [2.75, 3.05) is 12.0 Å². The molecule has 0 radical (unpaired) electrons. The summed E-state index contributed by atoms with van der Waals surface area (Å²) in [6.45, 7) is 1.57. The number of Topliss-reactive ketones (excluding diaryl/α,β-unsaturated/α-hetero) is 1. The van der Waals surface area contributed by atoms with Crippen LogP contribution < -0.4 is 9.64 Å². The van der Waals surface area contributed by atoms with Crippen molar-refractivity contribution in [1.29, 1.82) is 0 Å². The normalized spacial score (nSPS) is 17.1. The number of aliphatic hydroxyl groups is 1. The second-order valence-electron chi connectivity index (χ2n) is 6.44. The third-order valence-corrected chi connectivity index (χ3v) is 4.71. The van der Waals surface area contributed by atoms with Crippen LogP contribution in [0.3, 0.4) is 0 Å². The fourth-order valence-electron chi connectivity index (χ4n) is 3.28. The monoisotopic (exact) mass is 405 g/mol. The zero-order valence-electron chi connectivity index (χ0n) is 15.7. The van der Waals surface area contributed by atoms with Crippen molar-refractivity contribution in [3.05, 3.63) is 71.0 Å². The average molecular weight is 405 g/mol. The first-order valence-corrected chi connectivity index (χ1v) is 8.80. The van der Waals surface area contributed by atoms with Gasteiger partial charge in [-0.2, -0.15) is 13.2 Å². The third kappa shape index (κ3) is 3.70. The van der Waals surface area contributed by atoms with E-state index in [2.05, 4.69) is 0 Å². The number of aliphatic hydroxyl groups excluding tert-OH is 1. The van der Waals surface area contributed by atoms with Crippen LogP contribution in [0, 0.1) is 0 Å². The maximum absolute atomic E-state index is 13.2. The van der Waals surface area contributed by atoms with Gasteiger partial charge < -0.3 is 9.84 Å². The lowest BCUT2D eigenvalue weighted by atomic mass is 9.94. The number of ketones is 1. The van der Waals surface area contributed by atoms with Gasteiger partial charge in [0.15, 0.2) is 11.5 Å². The number of rotatable bonds is 5. The molecule has 0 aliphatic carbocycles. The number of benzene rings is 2. The average Bonchev–Trinajstić information content (AvgIpc) is 2.98. The first-order chi connectivity index (χ1) is 13.7. The molecule has 1 heterocycles. The van der Waals surface area contributed by atoms with E-state index in [0.717, 1.165) is 17.0 Å². The van der Waals surface area contributed by atoms with Gasteiger partial charge in [-0.25, -0.2) is 0 Å². The Hall–Kier alpha value is -3.29. The van der Waals surface area contributed by atoms with Crippen molar-refractivity contribution in [3.63, 3.8) is 0 Å². The third-order valence-electron chi connectivity index (χ3n) is 4.71. The lowest BCUT2D eigenvalue weighted by Crippen LogP contribution is -2.31. The number of methoxy groups -OCH3 is 1. The molecule has 2 aromatic rings. The molecular weight excluding hydrogens is 387 g/mol. The van der Waals surface area contributed by atoms with Crippen molar-refractivity contribution >= 4 is 17.4 Å². The molecule has 1 unspecified atom stereocenters. The van der Waals surface area contributed by atoms with Crippen LogP contribution in [0.4, 0.5) is 18.9 Å². The Bertz CT molecular complexity index is 980. The molecule has 29 heavy (non-hydrogen) atoms. The summed E-state index contributed by atoms with van der Waals surface area (Å²) >= 11 is 0. The van der Waals surface area contributed by atoms with Crippen LogP contribution in [0.25, 0.3) is 0 Å². The van der Waals surface area contributed by atoms with Crippen LogP contribution in [-0.2, 0) is 15.8 Å². The SMILES string of the molecule is CCC(=O)C1=C(O)C(=O)N(c2cccc(C(F)(F)F)c2)C1c1ccc(OC)cc1. The summed E-state index contributed by atoms with van der Waals surface area (Å²) in [7, 11) is 1.47. The van der Waals surface area contributed by atoms with Gasteiger partial charge >= 0.3 is 6.18 Å². The number of amides is 1. The van der Waals surface area contributed by atoms with E-state index in [1.54, 1.807) is 31.2 Å². The molecule has 0 fully saturated rings. The first kappa shape index (κ1) is 20.4. The number of alkyl halides is 3. The van der Waals surface area contributed by atoms with Gasteiger partial charge in [-0.15, -0.1) is 0 Å². The van der Waals surface area contributed by atoms with Gasteiger partial charge in [0.05, 0.1) is 24.3 Å². The fourth-order valence-corrected chi connectivity index (χ4v) is 3.28. The van der Waals surface area contributed by atoms with E-state index in [-0.39, 0.29) is 17.7 Å². The van der Waals surface area contributed by atoms with Gasteiger partial charge in [0.25, 0.3) is 5.91 Å². The van der Waals surface area contributed by atoms with Crippen molar-refractivity contribution in [3.8, 4) is 5.75 Å². The molecule has 0 bridgehead atoms. The van der Waals surface area contributed by atoms with Crippen molar-refractivity contribution < 1.29 is 32.6 Å². The standard InChI is InChI=1S/C21H18F3NO4/c1-3-16(26)17-18(12-7-9-15(29-2)10-8-12)25(20(28)19(17)27)14-6-4-5-13(11-14)21(22,23)24/h4-11,18,27H,3H2,1-2H3. The number of anilines is 1. The van der Waals surface area contributed by atoms with E-state index in [9.17, 15) is 27.9 Å². The summed E-state index contributed by atoms with van der Waals surface area (Å²) in [6.07, 6.45) is -4.58. The van der Waals surface area contributed by atoms with E-state index >= 15 is 0 Å². The molecule has 5 nitrogen and oxygen atoms in total. The Balaban J connectivity index is 2.17. The molecule has 1 atom stereocenters. The highest BCUT2D eigenvalue weighted by Gasteiger charge is 2.44. The van der Waals surface area contributed by atoms with Gasteiger partial charge in [-0.1, -0.05) is 25.1 Å². The van der Waals surface area contributed by atoms with E-state index in [4.69, 9.17) is 4.74 Å². The van der Waals surface area contributed by atoms with Crippen molar-refractivity contribution in [1.82, 2.24) is 0 Å². The van der Waals surface area contributed by atoms with Crippen LogP contribution in [0.5, 0.6) is 5.75 Å². The van der Waals surface area contributed by atoms with Crippen molar-refractivity contribution in [2.24, 2.45) is 0 Å². The Labute approximate surface area is 165 Å². The van der Waals surface area contributed by atoms with Crippen LogP contribution in [0.2, 0.25) is 0 Å². The maximum atomic E-state index is 13.2. The molecule has 3 rings (SSSR count). The van der Waals surface area contributed by atoms with E-state index in [1.165, 1.54) is 19.2 Å². The summed E-state index contributed by atoms with van der Waals surface area (Å²) in [5.41, 5.74) is -0.695. The first-order valence-electron chi connectivity index (χ1n) is 8.80. The molecule has 0 aromatic heterocycles. The molecule has 1 aliphatic heterocycles. The smallest absolute Gasteiger partial charge is 0.416 e. The molecule has 2 aromatic carbocycles. The van der Waals surface area contributed by atoms with Gasteiger partial charge in [0.1, 0.15) is 5.75 Å². The molecule has 0 saturated carbocycles. The van der Waals surface area contributed by atoms with Gasteiger partial charge in [-0.3, -0.25) is 14.5 Å². The second-order valence-corrected chi connectivity index (χ2v) is 6.44. The Morgan fingerprint density at radius 1 is 1.17 bits per heavy atom. The summed E-state index contributed by atoms with van der Waals surface area (Å²) in [4.78, 5) is 26.3. The number of nitrogens with zero attached hydrogens (tertiary/aromatic N) is 1. The number of halogens is 3. The number of carbonyl (C=O) groups excluding carboxylic acids is 2. The Morgan fingerprint density at radius 3 is 2.38 bits per heavy atom. The molecule has 0 spiro atoms. The molecular formula is C21H18F3NO4. The molecule has 1 N–H and O–H groups in total. The molecule has 8 heteroatoms. The van der Waals surface area contributed by atoms with Gasteiger partial charge in [-0.05, 0) is 35.9 Å². The topological polar surface area (TPSA) is 66.8 Å². The lowest BCUT2D eigenvalue weighted by molar-refractivity contribution is -0.137. The molecule has 1 aliphatic rings. The van der Waals surface area contributed by atoms with Crippen LogP contribution in [0.1, 0.15) is 30.5 Å². The van der Waals surface area contributed by atoms with Crippen LogP contribution in [0.15, 0.2) is 59.9 Å². The molecule has 1 amide bonds. The zero-order chi connectivity index (χ0) is 21.3. The van der Waals surface area contributed by atoms with E-state index < -0.39 is 35.2 Å². The number of hydrogen-bond donors (Lipinski definition) is 1. The highest BCUT2D eigenvalue weighted by Crippen LogP contribution is 2.43.